The minimum atomic E-state index is -0.00342. The summed E-state index contributed by atoms with van der Waals surface area (Å²) in [6.45, 7) is 5.08. The molecule has 2 aromatic carbocycles. The topological polar surface area (TPSA) is 66.2 Å². The minimum Gasteiger partial charge on any atom is -0.493 e. The number of Topliss-reactive ketones (excluding diaryl/α,β-unsaturated/α-hetero) is 1. The zero-order valence-corrected chi connectivity index (χ0v) is 17.9. The maximum absolute atomic E-state index is 12.7. The summed E-state index contributed by atoms with van der Waals surface area (Å²) in [6, 6.07) is 15.2. The van der Waals surface area contributed by atoms with Gasteiger partial charge in [-0.3, -0.25) is 4.79 Å². The highest BCUT2D eigenvalue weighted by Gasteiger charge is 2.18. The largest absolute Gasteiger partial charge is 0.493 e. The van der Waals surface area contributed by atoms with Crippen LogP contribution in [0, 0.1) is 5.92 Å². The highest BCUT2D eigenvalue weighted by Crippen LogP contribution is 2.29. The molecule has 0 aliphatic rings. The number of thioether (sulfide) groups is 1. The third-order valence-corrected chi connectivity index (χ3v) is 5.30. The van der Waals surface area contributed by atoms with E-state index in [0.717, 1.165) is 23.1 Å². The fraction of sp³-hybridized carbons (Fsp3) is 0.318. The van der Waals surface area contributed by atoms with Crippen LogP contribution in [0.2, 0.25) is 0 Å². The van der Waals surface area contributed by atoms with Crippen molar-refractivity contribution in [3.05, 3.63) is 54.1 Å². The first-order chi connectivity index (χ1) is 14.0. The molecule has 1 heterocycles. The average Bonchev–Trinajstić information content (AvgIpc) is 3.13. The molecule has 0 saturated heterocycles. The number of benzene rings is 2. The number of carbonyl (C=O) groups is 1. The lowest BCUT2D eigenvalue weighted by atomic mass is 10.1. The van der Waals surface area contributed by atoms with E-state index in [1.54, 1.807) is 32.4 Å². The van der Waals surface area contributed by atoms with Crippen molar-refractivity contribution in [1.29, 1.82) is 0 Å². The number of hydrogen-bond donors (Lipinski definition) is 0. The smallest absolute Gasteiger partial charge is 0.191 e. The highest BCUT2D eigenvalue weighted by atomic mass is 32.2. The average molecular weight is 412 g/mol. The molecule has 1 aromatic heterocycles. The number of ether oxygens (including phenoxy) is 2. The second kappa shape index (κ2) is 9.60. The molecule has 152 valence electrons. The van der Waals surface area contributed by atoms with Crippen LogP contribution in [-0.2, 0) is 6.54 Å². The van der Waals surface area contributed by atoms with E-state index in [0.29, 0.717) is 23.0 Å². The van der Waals surface area contributed by atoms with Gasteiger partial charge in [0.05, 0.1) is 20.0 Å². The molecule has 3 rings (SSSR count). The zero-order valence-electron chi connectivity index (χ0n) is 17.1. The number of methoxy groups -OCH3 is 2. The Morgan fingerprint density at radius 1 is 1.03 bits per heavy atom. The second-order valence-electron chi connectivity index (χ2n) is 6.96. The number of aromatic nitrogens is 3. The fourth-order valence-electron chi connectivity index (χ4n) is 2.95. The lowest BCUT2D eigenvalue weighted by Crippen LogP contribution is -2.09. The number of rotatable bonds is 9. The van der Waals surface area contributed by atoms with E-state index in [-0.39, 0.29) is 11.5 Å². The van der Waals surface area contributed by atoms with E-state index in [2.05, 4.69) is 28.6 Å². The molecule has 29 heavy (non-hydrogen) atoms. The Kier molecular flexibility index (Phi) is 6.93. The molecule has 0 N–H and O–H groups in total. The maximum Gasteiger partial charge on any atom is 0.191 e. The van der Waals surface area contributed by atoms with E-state index in [4.69, 9.17) is 9.47 Å². The summed E-state index contributed by atoms with van der Waals surface area (Å²) in [6.07, 6.45) is 0. The number of hydrogen-bond acceptors (Lipinski definition) is 6. The summed E-state index contributed by atoms with van der Waals surface area (Å²) >= 11 is 1.40. The highest BCUT2D eigenvalue weighted by molar-refractivity contribution is 7.99. The predicted octanol–water partition coefficient (Wildman–Crippen LogP) is 4.59. The molecule has 0 spiro atoms. The fourth-order valence-corrected chi connectivity index (χ4v) is 3.79. The molecule has 0 radical (unpaired) electrons. The van der Waals surface area contributed by atoms with Crippen LogP contribution in [0.1, 0.15) is 24.2 Å². The van der Waals surface area contributed by atoms with Crippen molar-refractivity contribution in [3.8, 4) is 22.9 Å². The molecule has 7 heteroatoms. The standard InChI is InChI=1S/C22H25N3O3S/c1-15(2)13-25-21(16-8-6-5-7-9-16)23-24-22(25)29-14-18(26)17-10-11-19(27-3)20(12-17)28-4/h5-12,15H,13-14H2,1-4H3. The van der Waals surface area contributed by atoms with E-state index in [1.165, 1.54) is 11.8 Å². The molecular formula is C22H25N3O3S. The lowest BCUT2D eigenvalue weighted by molar-refractivity contribution is 0.102. The van der Waals surface area contributed by atoms with Gasteiger partial charge in [0.2, 0.25) is 0 Å². The van der Waals surface area contributed by atoms with Crippen molar-refractivity contribution >= 4 is 17.5 Å². The van der Waals surface area contributed by atoms with Crippen LogP contribution in [0.25, 0.3) is 11.4 Å². The maximum atomic E-state index is 12.7. The predicted molar refractivity (Wildman–Crippen MR) is 115 cm³/mol. The van der Waals surface area contributed by atoms with Crippen LogP contribution in [0.5, 0.6) is 11.5 Å². The summed E-state index contributed by atoms with van der Waals surface area (Å²) in [5.74, 6) is 2.64. The van der Waals surface area contributed by atoms with Crippen molar-refractivity contribution in [3.63, 3.8) is 0 Å². The third-order valence-electron chi connectivity index (χ3n) is 4.33. The summed E-state index contributed by atoms with van der Waals surface area (Å²) in [4.78, 5) is 12.7. The van der Waals surface area contributed by atoms with E-state index in [1.807, 2.05) is 30.3 Å². The normalized spacial score (nSPS) is 10.9. The Morgan fingerprint density at radius 2 is 1.76 bits per heavy atom. The number of ketones is 1. The van der Waals surface area contributed by atoms with Gasteiger partial charge in [-0.15, -0.1) is 10.2 Å². The lowest BCUT2D eigenvalue weighted by Gasteiger charge is -2.12. The molecule has 6 nitrogen and oxygen atoms in total. The molecule has 3 aromatic rings. The van der Waals surface area contributed by atoms with Gasteiger partial charge in [0, 0.05) is 17.7 Å². The van der Waals surface area contributed by atoms with Gasteiger partial charge in [-0.2, -0.15) is 0 Å². The molecule has 0 amide bonds. The van der Waals surface area contributed by atoms with Crippen LogP contribution in [0.4, 0.5) is 0 Å². The van der Waals surface area contributed by atoms with Gasteiger partial charge in [0.25, 0.3) is 0 Å². The molecule has 0 fully saturated rings. The number of carbonyl (C=O) groups excluding carboxylic acids is 1. The van der Waals surface area contributed by atoms with Gasteiger partial charge in [-0.25, -0.2) is 0 Å². The zero-order chi connectivity index (χ0) is 20.8. The van der Waals surface area contributed by atoms with E-state index >= 15 is 0 Å². The van der Waals surface area contributed by atoms with Crippen LogP contribution in [-0.4, -0.2) is 40.5 Å². The first-order valence-corrected chi connectivity index (χ1v) is 10.4. The molecule has 0 saturated carbocycles. The SMILES string of the molecule is COc1ccc(C(=O)CSc2nnc(-c3ccccc3)n2CC(C)C)cc1OC. The van der Waals surface area contributed by atoms with Crippen LogP contribution in [0.3, 0.4) is 0 Å². The Balaban J connectivity index is 1.80. The van der Waals surface area contributed by atoms with Gasteiger partial charge in [-0.05, 0) is 24.1 Å². The van der Waals surface area contributed by atoms with Gasteiger partial charge >= 0.3 is 0 Å². The van der Waals surface area contributed by atoms with Crippen molar-refractivity contribution in [2.75, 3.05) is 20.0 Å². The Labute approximate surface area is 175 Å². The van der Waals surface area contributed by atoms with Gasteiger partial charge in [0.1, 0.15) is 0 Å². The Bertz CT molecular complexity index is 971. The molecule has 0 atom stereocenters. The van der Waals surface area contributed by atoms with Gasteiger partial charge in [0.15, 0.2) is 28.3 Å². The quantitative estimate of drug-likeness (QED) is 0.379. The molecule has 0 unspecified atom stereocenters. The monoisotopic (exact) mass is 411 g/mol. The first kappa shape index (κ1) is 20.9. The molecule has 0 bridgehead atoms. The summed E-state index contributed by atoms with van der Waals surface area (Å²) < 4.78 is 12.6. The van der Waals surface area contributed by atoms with Crippen LogP contribution in [0.15, 0.2) is 53.7 Å². The summed E-state index contributed by atoms with van der Waals surface area (Å²) in [7, 11) is 3.13. The Morgan fingerprint density at radius 3 is 2.41 bits per heavy atom. The van der Waals surface area contributed by atoms with Crippen molar-refractivity contribution in [1.82, 2.24) is 14.8 Å². The van der Waals surface area contributed by atoms with Crippen LogP contribution >= 0.6 is 11.8 Å². The molecular weight excluding hydrogens is 386 g/mol. The summed E-state index contributed by atoms with van der Waals surface area (Å²) in [5.41, 5.74) is 1.59. The number of nitrogens with zero attached hydrogens (tertiary/aromatic N) is 3. The molecule has 0 aliphatic heterocycles. The first-order valence-electron chi connectivity index (χ1n) is 9.40. The minimum absolute atomic E-state index is 0.00342. The van der Waals surface area contributed by atoms with Crippen molar-refractivity contribution < 1.29 is 14.3 Å². The van der Waals surface area contributed by atoms with E-state index in [9.17, 15) is 4.79 Å². The second-order valence-corrected chi connectivity index (χ2v) is 7.90. The summed E-state index contributed by atoms with van der Waals surface area (Å²) in [5, 5.41) is 9.48. The van der Waals surface area contributed by atoms with Gasteiger partial charge < -0.3 is 14.0 Å². The third kappa shape index (κ3) is 4.98. The van der Waals surface area contributed by atoms with Crippen molar-refractivity contribution in [2.24, 2.45) is 5.92 Å². The van der Waals surface area contributed by atoms with E-state index < -0.39 is 0 Å². The molecule has 0 aliphatic carbocycles. The van der Waals surface area contributed by atoms with Crippen molar-refractivity contribution in [2.45, 2.75) is 25.5 Å². The van der Waals surface area contributed by atoms with Crippen LogP contribution < -0.4 is 9.47 Å². The van der Waals surface area contributed by atoms with Gasteiger partial charge in [-0.1, -0.05) is 55.9 Å². The Hall–Kier alpha value is -2.80.